The van der Waals surface area contributed by atoms with Crippen LogP contribution in [0.25, 0.3) is 11.1 Å². The summed E-state index contributed by atoms with van der Waals surface area (Å²) in [5.41, 5.74) is 4.02. The first-order valence-corrected chi connectivity index (χ1v) is 9.86. The van der Waals surface area contributed by atoms with E-state index in [9.17, 15) is 5.11 Å². The fourth-order valence-electron chi connectivity index (χ4n) is 3.36. The Kier molecular flexibility index (Phi) is 4.89. The summed E-state index contributed by atoms with van der Waals surface area (Å²) in [5.74, 6) is 0.180. The van der Waals surface area contributed by atoms with Crippen molar-refractivity contribution >= 4 is 24.0 Å². The van der Waals surface area contributed by atoms with Gasteiger partial charge < -0.3 is 19.7 Å². The standard InChI is InChI=1S/C24H26BNO3/c1-23(2)24(3,4)29-25(28-23)21-16-20(27)14-15-22(21)26-19-12-10-18(11-13-19)17-8-6-5-7-9-17/h5-16,26-27H,1-4H3. The van der Waals surface area contributed by atoms with Crippen LogP contribution < -0.4 is 10.8 Å². The number of phenolic OH excluding ortho intramolecular Hbond substituents is 1. The van der Waals surface area contributed by atoms with Crippen LogP contribution in [0.1, 0.15) is 27.7 Å². The van der Waals surface area contributed by atoms with E-state index in [1.165, 1.54) is 5.56 Å². The second-order valence-corrected chi connectivity index (χ2v) is 8.43. The van der Waals surface area contributed by atoms with Gasteiger partial charge in [0.1, 0.15) is 5.75 Å². The van der Waals surface area contributed by atoms with Crippen molar-refractivity contribution in [1.29, 1.82) is 0 Å². The van der Waals surface area contributed by atoms with Crippen molar-refractivity contribution in [2.24, 2.45) is 0 Å². The molecule has 1 heterocycles. The van der Waals surface area contributed by atoms with Crippen molar-refractivity contribution in [3.8, 4) is 16.9 Å². The Hall–Kier alpha value is -2.76. The van der Waals surface area contributed by atoms with Gasteiger partial charge in [-0.3, -0.25) is 0 Å². The molecule has 148 valence electrons. The smallest absolute Gasteiger partial charge is 0.497 e. The van der Waals surface area contributed by atoms with Gasteiger partial charge in [-0.05, 0) is 69.2 Å². The third kappa shape index (κ3) is 3.89. The number of phenols is 1. The van der Waals surface area contributed by atoms with Crippen molar-refractivity contribution in [3.63, 3.8) is 0 Å². The zero-order valence-electron chi connectivity index (χ0n) is 17.3. The van der Waals surface area contributed by atoms with E-state index >= 15 is 0 Å². The fourth-order valence-corrected chi connectivity index (χ4v) is 3.36. The predicted molar refractivity (Wildman–Crippen MR) is 119 cm³/mol. The third-order valence-corrected chi connectivity index (χ3v) is 5.81. The molecule has 0 radical (unpaired) electrons. The molecule has 1 saturated heterocycles. The molecule has 0 atom stereocenters. The van der Waals surface area contributed by atoms with Gasteiger partial charge in [-0.15, -0.1) is 0 Å². The third-order valence-electron chi connectivity index (χ3n) is 5.81. The number of aromatic hydroxyl groups is 1. The summed E-state index contributed by atoms with van der Waals surface area (Å²) in [7, 11) is -0.557. The van der Waals surface area contributed by atoms with Gasteiger partial charge in [0, 0.05) is 16.8 Å². The lowest BCUT2D eigenvalue weighted by Gasteiger charge is -2.32. The van der Waals surface area contributed by atoms with Gasteiger partial charge in [-0.2, -0.15) is 0 Å². The molecule has 4 nitrogen and oxygen atoms in total. The molecule has 4 rings (SSSR count). The topological polar surface area (TPSA) is 50.7 Å². The minimum Gasteiger partial charge on any atom is -0.508 e. The molecule has 0 aromatic heterocycles. The minimum absolute atomic E-state index is 0.180. The van der Waals surface area contributed by atoms with Gasteiger partial charge in [-0.1, -0.05) is 42.5 Å². The normalized spacial score (nSPS) is 17.3. The molecule has 0 bridgehead atoms. The van der Waals surface area contributed by atoms with Crippen LogP contribution in [0.2, 0.25) is 0 Å². The Bertz CT molecular complexity index is 984. The van der Waals surface area contributed by atoms with Gasteiger partial charge in [0.25, 0.3) is 0 Å². The van der Waals surface area contributed by atoms with Crippen LogP contribution >= 0.6 is 0 Å². The van der Waals surface area contributed by atoms with Crippen molar-refractivity contribution in [1.82, 2.24) is 0 Å². The summed E-state index contributed by atoms with van der Waals surface area (Å²) < 4.78 is 12.4. The average Bonchev–Trinajstić information content (AvgIpc) is 2.92. The van der Waals surface area contributed by atoms with E-state index in [0.29, 0.717) is 0 Å². The lowest BCUT2D eigenvalue weighted by molar-refractivity contribution is 0.00578. The van der Waals surface area contributed by atoms with E-state index in [2.05, 4.69) is 29.6 Å². The van der Waals surface area contributed by atoms with E-state index in [1.54, 1.807) is 12.1 Å². The first-order chi connectivity index (χ1) is 13.7. The SMILES string of the molecule is CC1(C)OB(c2cc(O)ccc2Nc2ccc(-c3ccccc3)cc2)OC1(C)C. The molecule has 0 spiro atoms. The molecule has 1 aliphatic heterocycles. The molecule has 1 aliphatic rings. The second-order valence-electron chi connectivity index (χ2n) is 8.43. The summed E-state index contributed by atoms with van der Waals surface area (Å²) in [6, 6.07) is 23.8. The van der Waals surface area contributed by atoms with E-state index < -0.39 is 18.3 Å². The van der Waals surface area contributed by atoms with E-state index in [1.807, 2.05) is 64.1 Å². The average molecular weight is 387 g/mol. The molecule has 0 saturated carbocycles. The summed E-state index contributed by atoms with van der Waals surface area (Å²) in [4.78, 5) is 0. The van der Waals surface area contributed by atoms with Crippen LogP contribution in [0.5, 0.6) is 5.75 Å². The fraction of sp³-hybridized carbons (Fsp3) is 0.250. The van der Waals surface area contributed by atoms with Crippen molar-refractivity contribution in [2.45, 2.75) is 38.9 Å². The number of nitrogens with one attached hydrogen (secondary N) is 1. The van der Waals surface area contributed by atoms with Gasteiger partial charge in [0.15, 0.2) is 0 Å². The number of benzene rings is 3. The van der Waals surface area contributed by atoms with E-state index in [4.69, 9.17) is 9.31 Å². The van der Waals surface area contributed by atoms with E-state index in [-0.39, 0.29) is 5.75 Å². The number of hydrogen-bond acceptors (Lipinski definition) is 4. The highest BCUT2D eigenvalue weighted by Crippen LogP contribution is 2.37. The largest absolute Gasteiger partial charge is 0.508 e. The highest BCUT2D eigenvalue weighted by atomic mass is 16.7. The van der Waals surface area contributed by atoms with Crippen LogP contribution in [0.4, 0.5) is 11.4 Å². The van der Waals surface area contributed by atoms with Crippen molar-refractivity contribution in [3.05, 3.63) is 72.8 Å². The Morgan fingerprint density at radius 1 is 0.759 bits per heavy atom. The molecule has 0 amide bonds. The molecule has 1 fully saturated rings. The van der Waals surface area contributed by atoms with E-state index in [0.717, 1.165) is 22.4 Å². The minimum atomic E-state index is -0.557. The quantitative estimate of drug-likeness (QED) is 0.483. The highest BCUT2D eigenvalue weighted by Gasteiger charge is 2.52. The molecule has 0 unspecified atom stereocenters. The van der Waals surface area contributed by atoms with Gasteiger partial charge in [-0.25, -0.2) is 0 Å². The molecule has 29 heavy (non-hydrogen) atoms. The molecule has 0 aliphatic carbocycles. The Labute approximate surface area is 172 Å². The molecule has 2 N–H and O–H groups in total. The Morgan fingerprint density at radius 2 is 1.34 bits per heavy atom. The monoisotopic (exact) mass is 387 g/mol. The zero-order valence-corrected chi connectivity index (χ0v) is 17.3. The second kappa shape index (κ2) is 7.25. The van der Waals surface area contributed by atoms with Crippen molar-refractivity contribution in [2.75, 3.05) is 5.32 Å². The van der Waals surface area contributed by atoms with Crippen LogP contribution in [-0.4, -0.2) is 23.4 Å². The first-order valence-electron chi connectivity index (χ1n) is 9.86. The zero-order chi connectivity index (χ0) is 20.6. The van der Waals surface area contributed by atoms with Gasteiger partial charge >= 0.3 is 7.12 Å². The summed E-state index contributed by atoms with van der Waals surface area (Å²) in [6.45, 7) is 8.08. The lowest BCUT2D eigenvalue weighted by atomic mass is 9.77. The van der Waals surface area contributed by atoms with Crippen molar-refractivity contribution < 1.29 is 14.4 Å². The number of rotatable bonds is 4. The summed E-state index contributed by atoms with van der Waals surface area (Å²) in [5, 5.41) is 13.5. The van der Waals surface area contributed by atoms with Crippen LogP contribution in [-0.2, 0) is 9.31 Å². The summed E-state index contributed by atoms with van der Waals surface area (Å²) >= 11 is 0. The van der Waals surface area contributed by atoms with Gasteiger partial charge in [0.05, 0.1) is 11.2 Å². The highest BCUT2D eigenvalue weighted by molar-refractivity contribution is 6.64. The first kappa shape index (κ1) is 19.6. The summed E-state index contributed by atoms with van der Waals surface area (Å²) in [6.07, 6.45) is 0. The van der Waals surface area contributed by atoms with Gasteiger partial charge in [0.2, 0.25) is 0 Å². The Morgan fingerprint density at radius 3 is 1.97 bits per heavy atom. The predicted octanol–water partition coefficient (Wildman–Crippen LogP) is 5.10. The maximum absolute atomic E-state index is 10.0. The van der Waals surface area contributed by atoms with Crippen LogP contribution in [0, 0.1) is 0 Å². The molecule has 3 aromatic carbocycles. The number of anilines is 2. The van der Waals surface area contributed by atoms with Crippen LogP contribution in [0.15, 0.2) is 72.8 Å². The maximum atomic E-state index is 10.0. The maximum Gasteiger partial charge on any atom is 0.497 e. The molecular formula is C24H26BNO3. The molecule has 3 aromatic rings. The van der Waals surface area contributed by atoms with Crippen LogP contribution in [0.3, 0.4) is 0 Å². The molecule has 5 heteroatoms. The lowest BCUT2D eigenvalue weighted by Crippen LogP contribution is -2.41. The molecular weight excluding hydrogens is 361 g/mol. The Balaban J connectivity index is 1.60. The number of hydrogen-bond donors (Lipinski definition) is 2.